The number of rotatable bonds is 3. The highest BCUT2D eigenvalue weighted by Gasteiger charge is 2.20. The van der Waals surface area contributed by atoms with Crippen LogP contribution in [0.3, 0.4) is 0 Å². The topological polar surface area (TPSA) is 66.0 Å². The van der Waals surface area contributed by atoms with Crippen LogP contribution < -0.4 is 10.5 Å². The normalized spacial score (nSPS) is 12.5. The first-order valence-corrected chi connectivity index (χ1v) is 6.77. The molecule has 0 aliphatic carbocycles. The minimum absolute atomic E-state index is 0.344. The molecule has 0 spiro atoms. The molecule has 2 N–H and O–H groups in total. The number of benzene rings is 1. The summed E-state index contributed by atoms with van der Waals surface area (Å²) in [6, 6.07) is 5.33. The molecule has 0 fully saturated rings. The van der Waals surface area contributed by atoms with Crippen LogP contribution in [-0.4, -0.2) is 22.1 Å². The Labute approximate surface area is 122 Å². The molecule has 0 bridgehead atoms. The molecule has 0 saturated heterocycles. The molecule has 2 aromatic rings. The number of nitrogens with zero attached hydrogens (tertiary/aromatic N) is 3. The summed E-state index contributed by atoms with van der Waals surface area (Å²) in [5.74, 6) is 0.759. The van der Waals surface area contributed by atoms with Crippen LogP contribution in [0.4, 0.5) is 0 Å². The quantitative estimate of drug-likeness (QED) is 0.894. The first kappa shape index (κ1) is 13.5. The molecular weight excluding hydrogens is 364 g/mol. The molecule has 0 aliphatic heterocycles. The summed E-state index contributed by atoms with van der Waals surface area (Å²) in [6.07, 6.45) is 0. The minimum atomic E-state index is -0.344. The maximum atomic E-state index is 6.27. The summed E-state index contributed by atoms with van der Waals surface area (Å²) in [7, 11) is 3.43. The van der Waals surface area contributed by atoms with E-state index in [-0.39, 0.29) is 6.04 Å². The Hall–Kier alpha value is -0.920. The Balaban J connectivity index is 2.48. The summed E-state index contributed by atoms with van der Waals surface area (Å²) in [5.41, 5.74) is 8.00. The van der Waals surface area contributed by atoms with Gasteiger partial charge >= 0.3 is 0 Å². The lowest BCUT2D eigenvalue weighted by atomic mass is 10.0. The van der Waals surface area contributed by atoms with Gasteiger partial charge < -0.3 is 10.5 Å². The number of halogens is 2. The first-order chi connectivity index (χ1) is 8.54. The zero-order valence-electron chi connectivity index (χ0n) is 9.89. The van der Waals surface area contributed by atoms with Gasteiger partial charge in [0, 0.05) is 11.5 Å². The van der Waals surface area contributed by atoms with Crippen LogP contribution >= 0.6 is 31.9 Å². The lowest BCUT2D eigenvalue weighted by molar-refractivity contribution is 0.414. The molecule has 18 heavy (non-hydrogen) atoms. The van der Waals surface area contributed by atoms with Gasteiger partial charge in [0.25, 0.3) is 0 Å². The van der Waals surface area contributed by atoms with Gasteiger partial charge in [0.2, 0.25) is 0 Å². The van der Waals surface area contributed by atoms with E-state index in [1.807, 2.05) is 18.2 Å². The first-order valence-electron chi connectivity index (χ1n) is 5.18. The average molecular weight is 376 g/mol. The van der Waals surface area contributed by atoms with Crippen LogP contribution in [0.2, 0.25) is 0 Å². The van der Waals surface area contributed by atoms with Gasteiger partial charge in [0.1, 0.15) is 5.75 Å². The van der Waals surface area contributed by atoms with Crippen molar-refractivity contribution >= 4 is 31.9 Å². The number of methoxy groups -OCH3 is 1. The Bertz CT molecular complexity index is 551. The van der Waals surface area contributed by atoms with Crippen molar-refractivity contribution in [3.05, 3.63) is 38.5 Å². The number of nitrogens with two attached hydrogens (primary N) is 1. The molecule has 0 radical (unpaired) electrons. The molecule has 1 unspecified atom stereocenters. The van der Waals surface area contributed by atoms with Gasteiger partial charge in [0.05, 0.1) is 18.8 Å². The molecule has 0 amide bonds. The second-order valence-electron chi connectivity index (χ2n) is 3.75. The van der Waals surface area contributed by atoms with E-state index >= 15 is 0 Å². The molecule has 7 heteroatoms. The highest BCUT2D eigenvalue weighted by Crippen LogP contribution is 2.32. The van der Waals surface area contributed by atoms with Gasteiger partial charge in [-0.15, -0.1) is 5.10 Å². The summed E-state index contributed by atoms with van der Waals surface area (Å²) in [5, 5.41) is 7.87. The van der Waals surface area contributed by atoms with E-state index in [9.17, 15) is 0 Å². The smallest absolute Gasteiger partial charge is 0.153 e. The van der Waals surface area contributed by atoms with Crippen molar-refractivity contribution in [3.63, 3.8) is 0 Å². The predicted octanol–water partition coefficient (Wildman–Crippen LogP) is 2.40. The van der Waals surface area contributed by atoms with Crippen LogP contribution in [0.25, 0.3) is 0 Å². The van der Waals surface area contributed by atoms with E-state index < -0.39 is 0 Å². The Morgan fingerprint density at radius 2 is 2.11 bits per heavy atom. The van der Waals surface area contributed by atoms with Crippen molar-refractivity contribution in [3.8, 4) is 5.75 Å². The van der Waals surface area contributed by atoms with Gasteiger partial charge in [0.15, 0.2) is 4.60 Å². The van der Waals surface area contributed by atoms with E-state index in [0.29, 0.717) is 4.60 Å². The second kappa shape index (κ2) is 5.38. The molecular formula is C11H12Br2N4O. The monoisotopic (exact) mass is 374 g/mol. The van der Waals surface area contributed by atoms with Gasteiger partial charge in [-0.1, -0.05) is 21.1 Å². The van der Waals surface area contributed by atoms with Crippen LogP contribution in [0.5, 0.6) is 5.75 Å². The maximum absolute atomic E-state index is 6.27. The van der Waals surface area contributed by atoms with Gasteiger partial charge in [-0.25, -0.2) is 4.68 Å². The fourth-order valence-corrected chi connectivity index (χ4v) is 2.77. The Morgan fingerprint density at radius 3 is 2.67 bits per heavy atom. The SMILES string of the molecule is COc1ccc(Br)c(C(N)c2c(Br)nnn2C)c1. The molecule has 1 heterocycles. The van der Waals surface area contributed by atoms with E-state index in [2.05, 4.69) is 42.2 Å². The molecule has 0 saturated carbocycles. The zero-order chi connectivity index (χ0) is 13.3. The summed E-state index contributed by atoms with van der Waals surface area (Å²) in [6.45, 7) is 0. The van der Waals surface area contributed by atoms with Crippen LogP contribution in [0, 0.1) is 0 Å². The summed E-state index contributed by atoms with van der Waals surface area (Å²) < 4.78 is 8.43. The average Bonchev–Trinajstić information content (AvgIpc) is 2.69. The highest BCUT2D eigenvalue weighted by molar-refractivity contribution is 9.10. The lowest BCUT2D eigenvalue weighted by Gasteiger charge is -2.15. The van der Waals surface area contributed by atoms with Gasteiger partial charge in [-0.3, -0.25) is 0 Å². The lowest BCUT2D eigenvalue weighted by Crippen LogP contribution is -2.17. The van der Waals surface area contributed by atoms with E-state index in [1.54, 1.807) is 18.8 Å². The van der Waals surface area contributed by atoms with Gasteiger partial charge in [-0.2, -0.15) is 0 Å². The molecule has 1 atom stereocenters. The number of aryl methyl sites for hydroxylation is 1. The van der Waals surface area contributed by atoms with Crippen LogP contribution in [0.15, 0.2) is 27.3 Å². The summed E-state index contributed by atoms with van der Waals surface area (Å²) >= 11 is 6.85. The fourth-order valence-electron chi connectivity index (χ4n) is 1.70. The Morgan fingerprint density at radius 1 is 1.39 bits per heavy atom. The van der Waals surface area contributed by atoms with Crippen LogP contribution in [-0.2, 0) is 7.05 Å². The van der Waals surface area contributed by atoms with Crippen molar-refractivity contribution < 1.29 is 4.74 Å². The van der Waals surface area contributed by atoms with E-state index in [0.717, 1.165) is 21.5 Å². The van der Waals surface area contributed by atoms with Crippen molar-refractivity contribution in [1.82, 2.24) is 15.0 Å². The standard InChI is InChI=1S/C11H12Br2N4O/c1-17-10(11(13)15-16-17)9(14)7-5-6(18-2)3-4-8(7)12/h3-5,9H,14H2,1-2H3. The second-order valence-corrected chi connectivity index (χ2v) is 5.36. The maximum Gasteiger partial charge on any atom is 0.153 e. The molecule has 2 rings (SSSR count). The van der Waals surface area contributed by atoms with Crippen molar-refractivity contribution in [2.24, 2.45) is 12.8 Å². The Kier molecular flexibility index (Phi) is 4.04. The number of ether oxygens (including phenoxy) is 1. The molecule has 96 valence electrons. The van der Waals surface area contributed by atoms with E-state index in [1.165, 1.54) is 0 Å². The number of hydrogen-bond acceptors (Lipinski definition) is 4. The van der Waals surface area contributed by atoms with Crippen molar-refractivity contribution in [2.75, 3.05) is 7.11 Å². The third-order valence-corrected chi connectivity index (χ3v) is 3.95. The number of hydrogen-bond donors (Lipinski definition) is 1. The minimum Gasteiger partial charge on any atom is -0.497 e. The largest absolute Gasteiger partial charge is 0.497 e. The van der Waals surface area contributed by atoms with Crippen molar-refractivity contribution in [1.29, 1.82) is 0 Å². The van der Waals surface area contributed by atoms with Gasteiger partial charge in [-0.05, 0) is 39.7 Å². The molecule has 1 aromatic carbocycles. The summed E-state index contributed by atoms with van der Waals surface area (Å²) in [4.78, 5) is 0. The predicted molar refractivity (Wildman–Crippen MR) is 75.4 cm³/mol. The zero-order valence-corrected chi connectivity index (χ0v) is 13.1. The van der Waals surface area contributed by atoms with Crippen molar-refractivity contribution in [2.45, 2.75) is 6.04 Å². The van der Waals surface area contributed by atoms with E-state index in [4.69, 9.17) is 10.5 Å². The molecule has 1 aromatic heterocycles. The fraction of sp³-hybridized carbons (Fsp3) is 0.273. The molecule has 5 nitrogen and oxygen atoms in total. The van der Waals surface area contributed by atoms with Crippen LogP contribution in [0.1, 0.15) is 17.3 Å². The molecule has 0 aliphatic rings. The highest BCUT2D eigenvalue weighted by atomic mass is 79.9. The third kappa shape index (κ3) is 2.43. The third-order valence-electron chi connectivity index (χ3n) is 2.66. The number of aromatic nitrogens is 3.